The normalized spacial score (nSPS) is 29.0. The molecule has 0 bridgehead atoms. The van der Waals surface area contributed by atoms with E-state index in [1.807, 2.05) is 0 Å². The van der Waals surface area contributed by atoms with E-state index < -0.39 is 0 Å². The van der Waals surface area contributed by atoms with Crippen molar-refractivity contribution in [3.63, 3.8) is 0 Å². The lowest BCUT2D eigenvalue weighted by atomic mass is 9.79. The Labute approximate surface area is 126 Å². The van der Waals surface area contributed by atoms with Crippen LogP contribution < -0.4 is 5.32 Å². The summed E-state index contributed by atoms with van der Waals surface area (Å²) in [6, 6.07) is 8.54. The third kappa shape index (κ3) is 2.38. The molecule has 1 spiro atoms. The number of carbonyl (C=O) groups is 1. The number of hydrogen-bond acceptors (Lipinski definition) is 2. The zero-order valence-corrected chi connectivity index (χ0v) is 12.6. The van der Waals surface area contributed by atoms with E-state index in [0.717, 1.165) is 39.0 Å². The number of nitrogens with zero attached hydrogens (tertiary/aromatic N) is 1. The number of hydrogen-bond donors (Lipinski definition) is 1. The zero-order chi connectivity index (χ0) is 14.3. The summed E-state index contributed by atoms with van der Waals surface area (Å²) in [4.78, 5) is 15.1. The molecule has 4 rings (SSSR count). The summed E-state index contributed by atoms with van der Waals surface area (Å²) in [5.74, 6) is 0.587. The molecule has 21 heavy (non-hydrogen) atoms. The SMILES string of the molecule is O=C(C1Cc2ccccc2C1)N1CCC[C@@]2(CCNC2)C1. The summed E-state index contributed by atoms with van der Waals surface area (Å²) < 4.78 is 0. The minimum atomic E-state index is 0.187. The molecule has 1 aromatic carbocycles. The summed E-state index contributed by atoms with van der Waals surface area (Å²) >= 11 is 0. The van der Waals surface area contributed by atoms with E-state index in [1.54, 1.807) is 0 Å². The first-order valence-electron chi connectivity index (χ1n) is 8.32. The molecule has 2 aliphatic heterocycles. The van der Waals surface area contributed by atoms with Crippen LogP contribution in [0.1, 0.15) is 30.4 Å². The highest BCUT2D eigenvalue weighted by Crippen LogP contribution is 2.37. The maximum atomic E-state index is 12.9. The lowest BCUT2D eigenvalue weighted by Gasteiger charge is -2.41. The molecule has 2 saturated heterocycles. The molecular weight excluding hydrogens is 260 g/mol. The Hall–Kier alpha value is -1.35. The van der Waals surface area contributed by atoms with Crippen LogP contribution in [0.3, 0.4) is 0 Å². The molecule has 0 saturated carbocycles. The van der Waals surface area contributed by atoms with Crippen molar-refractivity contribution >= 4 is 5.91 Å². The molecule has 1 atom stereocenters. The van der Waals surface area contributed by atoms with Gasteiger partial charge in [0.25, 0.3) is 0 Å². The lowest BCUT2D eigenvalue weighted by Crippen LogP contribution is -2.49. The van der Waals surface area contributed by atoms with Crippen molar-refractivity contribution in [1.82, 2.24) is 10.2 Å². The fraction of sp³-hybridized carbons (Fsp3) is 0.611. The molecule has 3 aliphatic rings. The summed E-state index contributed by atoms with van der Waals surface area (Å²) in [7, 11) is 0. The first kappa shape index (κ1) is 13.3. The van der Waals surface area contributed by atoms with Gasteiger partial charge in [0.05, 0.1) is 0 Å². The van der Waals surface area contributed by atoms with Gasteiger partial charge in [0.15, 0.2) is 0 Å². The first-order chi connectivity index (χ1) is 10.3. The van der Waals surface area contributed by atoms with E-state index in [4.69, 9.17) is 0 Å². The Bertz CT molecular complexity index is 523. The summed E-state index contributed by atoms with van der Waals surface area (Å²) in [6.07, 6.45) is 5.58. The lowest BCUT2D eigenvalue weighted by molar-refractivity contribution is -0.138. The number of benzene rings is 1. The molecule has 3 heteroatoms. The van der Waals surface area contributed by atoms with Gasteiger partial charge in [-0.05, 0) is 49.8 Å². The summed E-state index contributed by atoms with van der Waals surface area (Å²) in [6.45, 7) is 4.16. The Kier molecular flexibility index (Phi) is 3.26. The van der Waals surface area contributed by atoms with Gasteiger partial charge in [-0.25, -0.2) is 0 Å². The van der Waals surface area contributed by atoms with Crippen LogP contribution in [0.5, 0.6) is 0 Å². The average Bonchev–Trinajstić information content (AvgIpc) is 3.13. The number of carbonyl (C=O) groups excluding carboxylic acids is 1. The van der Waals surface area contributed by atoms with Crippen LogP contribution >= 0.6 is 0 Å². The second-order valence-electron chi connectivity index (χ2n) is 7.16. The topological polar surface area (TPSA) is 32.3 Å². The van der Waals surface area contributed by atoms with E-state index >= 15 is 0 Å². The molecule has 1 N–H and O–H groups in total. The second-order valence-corrected chi connectivity index (χ2v) is 7.16. The first-order valence-corrected chi connectivity index (χ1v) is 8.32. The Morgan fingerprint density at radius 2 is 1.95 bits per heavy atom. The largest absolute Gasteiger partial charge is 0.342 e. The number of fused-ring (bicyclic) bond motifs is 1. The quantitative estimate of drug-likeness (QED) is 0.855. The van der Waals surface area contributed by atoms with Crippen LogP contribution in [0.4, 0.5) is 0 Å². The molecule has 2 heterocycles. The van der Waals surface area contributed by atoms with E-state index in [2.05, 4.69) is 34.5 Å². The Morgan fingerprint density at radius 1 is 1.19 bits per heavy atom. The van der Waals surface area contributed by atoms with Crippen LogP contribution in [0, 0.1) is 11.3 Å². The summed E-state index contributed by atoms with van der Waals surface area (Å²) in [5, 5.41) is 3.49. The van der Waals surface area contributed by atoms with Crippen LogP contribution in [0.2, 0.25) is 0 Å². The highest BCUT2D eigenvalue weighted by molar-refractivity contribution is 5.80. The Balaban J connectivity index is 1.46. The predicted molar refractivity (Wildman–Crippen MR) is 83.1 cm³/mol. The third-order valence-electron chi connectivity index (χ3n) is 5.71. The maximum absolute atomic E-state index is 12.9. The molecule has 1 aromatic rings. The number of rotatable bonds is 1. The van der Waals surface area contributed by atoms with Crippen LogP contribution in [-0.4, -0.2) is 37.0 Å². The van der Waals surface area contributed by atoms with Gasteiger partial charge in [-0.1, -0.05) is 24.3 Å². The van der Waals surface area contributed by atoms with Crippen molar-refractivity contribution in [2.75, 3.05) is 26.2 Å². The van der Waals surface area contributed by atoms with Crippen molar-refractivity contribution in [2.45, 2.75) is 32.1 Å². The van der Waals surface area contributed by atoms with Gasteiger partial charge >= 0.3 is 0 Å². The van der Waals surface area contributed by atoms with Gasteiger partial charge in [-0.3, -0.25) is 4.79 Å². The predicted octanol–water partition coefficient (Wildman–Crippen LogP) is 2.00. The van der Waals surface area contributed by atoms with Crippen molar-refractivity contribution in [3.8, 4) is 0 Å². The van der Waals surface area contributed by atoms with Gasteiger partial charge < -0.3 is 10.2 Å². The molecular formula is C18H24N2O. The highest BCUT2D eigenvalue weighted by atomic mass is 16.2. The number of nitrogens with one attached hydrogen (secondary N) is 1. The second kappa shape index (κ2) is 5.13. The molecule has 3 nitrogen and oxygen atoms in total. The number of amides is 1. The molecule has 1 aliphatic carbocycles. The van der Waals surface area contributed by atoms with Crippen molar-refractivity contribution in [1.29, 1.82) is 0 Å². The van der Waals surface area contributed by atoms with E-state index in [-0.39, 0.29) is 5.92 Å². The average molecular weight is 284 g/mol. The van der Waals surface area contributed by atoms with Gasteiger partial charge in [0.1, 0.15) is 0 Å². The number of piperidine rings is 1. The van der Waals surface area contributed by atoms with Gasteiger partial charge in [-0.2, -0.15) is 0 Å². The van der Waals surface area contributed by atoms with Crippen molar-refractivity contribution in [3.05, 3.63) is 35.4 Å². The van der Waals surface area contributed by atoms with E-state index in [9.17, 15) is 4.79 Å². The third-order valence-corrected chi connectivity index (χ3v) is 5.71. The van der Waals surface area contributed by atoms with E-state index in [0.29, 0.717) is 11.3 Å². The minimum absolute atomic E-state index is 0.187. The fourth-order valence-electron chi connectivity index (χ4n) is 4.53. The van der Waals surface area contributed by atoms with Crippen LogP contribution in [0.25, 0.3) is 0 Å². The zero-order valence-electron chi connectivity index (χ0n) is 12.6. The van der Waals surface area contributed by atoms with Gasteiger partial charge in [0.2, 0.25) is 5.91 Å². The van der Waals surface area contributed by atoms with Crippen molar-refractivity contribution in [2.24, 2.45) is 11.3 Å². The monoisotopic (exact) mass is 284 g/mol. The molecule has 2 fully saturated rings. The fourth-order valence-corrected chi connectivity index (χ4v) is 4.53. The van der Waals surface area contributed by atoms with Gasteiger partial charge in [-0.15, -0.1) is 0 Å². The maximum Gasteiger partial charge on any atom is 0.226 e. The van der Waals surface area contributed by atoms with Crippen molar-refractivity contribution < 1.29 is 4.79 Å². The molecule has 0 radical (unpaired) electrons. The molecule has 112 valence electrons. The van der Waals surface area contributed by atoms with Crippen LogP contribution in [0.15, 0.2) is 24.3 Å². The van der Waals surface area contributed by atoms with Crippen LogP contribution in [-0.2, 0) is 17.6 Å². The smallest absolute Gasteiger partial charge is 0.226 e. The molecule has 0 aromatic heterocycles. The number of likely N-dealkylation sites (tertiary alicyclic amines) is 1. The van der Waals surface area contributed by atoms with Gasteiger partial charge in [0, 0.05) is 31.0 Å². The standard InChI is InChI=1S/C18H24N2O/c21-17(16-10-14-4-1-2-5-15(14)11-16)20-9-3-6-18(13-20)7-8-19-12-18/h1-2,4-5,16,19H,3,6-13H2/t18-/m0/s1. The summed E-state index contributed by atoms with van der Waals surface area (Å²) in [5.41, 5.74) is 3.13. The highest BCUT2D eigenvalue weighted by Gasteiger charge is 2.41. The minimum Gasteiger partial charge on any atom is -0.342 e. The Morgan fingerprint density at radius 3 is 2.62 bits per heavy atom. The van der Waals surface area contributed by atoms with E-state index in [1.165, 1.54) is 30.4 Å². The molecule has 0 unspecified atom stereocenters. The molecule has 1 amide bonds.